The fraction of sp³-hybridized carbons (Fsp3) is 0.333. The second kappa shape index (κ2) is 6.58. The highest BCUT2D eigenvalue weighted by Gasteiger charge is 2.03. The molecule has 0 fully saturated rings. The molecule has 0 aliphatic heterocycles. The first-order valence-corrected chi connectivity index (χ1v) is 6.98. The molecule has 0 bridgehead atoms. The molecule has 0 saturated heterocycles. The van der Waals surface area contributed by atoms with Crippen molar-refractivity contribution in [3.05, 3.63) is 64.2 Å². The van der Waals surface area contributed by atoms with E-state index in [9.17, 15) is 0 Å². The van der Waals surface area contributed by atoms with Crippen molar-refractivity contribution < 1.29 is 4.74 Å². The minimum Gasteiger partial charge on any atom is -0.381 e. The van der Waals surface area contributed by atoms with Crippen molar-refractivity contribution in [2.75, 3.05) is 12.4 Å². The molecule has 0 aromatic heterocycles. The average Bonchev–Trinajstić information content (AvgIpc) is 2.39. The number of methoxy groups -OCH3 is 1. The number of aryl methyl sites for hydroxylation is 3. The molecule has 0 aliphatic carbocycles. The summed E-state index contributed by atoms with van der Waals surface area (Å²) < 4.78 is 5.12. The summed E-state index contributed by atoms with van der Waals surface area (Å²) in [6.45, 7) is 7.97. The number of rotatable bonds is 5. The number of anilines is 1. The largest absolute Gasteiger partial charge is 0.381 e. The zero-order valence-corrected chi connectivity index (χ0v) is 12.8. The van der Waals surface area contributed by atoms with Crippen molar-refractivity contribution >= 4 is 5.69 Å². The summed E-state index contributed by atoms with van der Waals surface area (Å²) >= 11 is 0. The van der Waals surface area contributed by atoms with Gasteiger partial charge in [-0.3, -0.25) is 0 Å². The number of benzene rings is 2. The van der Waals surface area contributed by atoms with Gasteiger partial charge in [0.25, 0.3) is 0 Å². The molecule has 0 atom stereocenters. The number of ether oxygens (including phenoxy) is 1. The molecule has 20 heavy (non-hydrogen) atoms. The van der Waals surface area contributed by atoms with Crippen molar-refractivity contribution in [2.45, 2.75) is 33.9 Å². The lowest BCUT2D eigenvalue weighted by Crippen LogP contribution is -2.03. The zero-order chi connectivity index (χ0) is 14.5. The van der Waals surface area contributed by atoms with Gasteiger partial charge in [0.05, 0.1) is 6.61 Å². The van der Waals surface area contributed by atoms with Crippen molar-refractivity contribution in [1.82, 2.24) is 0 Å². The van der Waals surface area contributed by atoms with E-state index in [0.29, 0.717) is 6.61 Å². The van der Waals surface area contributed by atoms with Gasteiger partial charge in [0.15, 0.2) is 0 Å². The van der Waals surface area contributed by atoms with Gasteiger partial charge in [-0.1, -0.05) is 42.0 Å². The Kier molecular flexibility index (Phi) is 4.80. The minimum atomic E-state index is 0.671. The van der Waals surface area contributed by atoms with E-state index in [1.807, 2.05) is 0 Å². The maximum Gasteiger partial charge on any atom is 0.0713 e. The zero-order valence-electron chi connectivity index (χ0n) is 12.8. The van der Waals surface area contributed by atoms with Gasteiger partial charge in [0, 0.05) is 19.3 Å². The predicted octanol–water partition coefficient (Wildman–Crippen LogP) is 4.37. The van der Waals surface area contributed by atoms with Gasteiger partial charge in [-0.15, -0.1) is 0 Å². The SMILES string of the molecule is COCc1ccc(CNc2c(C)cc(C)cc2C)cc1. The summed E-state index contributed by atoms with van der Waals surface area (Å²) in [4.78, 5) is 0. The molecule has 2 heteroatoms. The van der Waals surface area contributed by atoms with Gasteiger partial charge >= 0.3 is 0 Å². The van der Waals surface area contributed by atoms with Gasteiger partial charge in [0.2, 0.25) is 0 Å². The Bertz CT molecular complexity index is 549. The maximum absolute atomic E-state index is 5.12. The van der Waals surface area contributed by atoms with E-state index >= 15 is 0 Å². The lowest BCUT2D eigenvalue weighted by molar-refractivity contribution is 0.185. The highest BCUT2D eigenvalue weighted by atomic mass is 16.5. The second-order valence-electron chi connectivity index (χ2n) is 5.38. The Morgan fingerprint density at radius 2 is 1.45 bits per heavy atom. The van der Waals surface area contributed by atoms with E-state index in [4.69, 9.17) is 4.74 Å². The first-order valence-electron chi connectivity index (χ1n) is 6.98. The molecule has 2 aromatic carbocycles. The fourth-order valence-corrected chi connectivity index (χ4v) is 2.57. The Morgan fingerprint density at radius 1 is 0.900 bits per heavy atom. The van der Waals surface area contributed by atoms with Crippen LogP contribution < -0.4 is 5.32 Å². The third-order valence-electron chi connectivity index (χ3n) is 3.48. The lowest BCUT2D eigenvalue weighted by atomic mass is 10.0. The molecule has 106 valence electrons. The standard InChI is InChI=1S/C18H23NO/c1-13-9-14(2)18(15(3)10-13)19-11-16-5-7-17(8-6-16)12-20-4/h5-10,19H,11-12H2,1-4H3. The number of hydrogen-bond acceptors (Lipinski definition) is 2. The van der Waals surface area contributed by atoms with E-state index in [-0.39, 0.29) is 0 Å². The Hall–Kier alpha value is -1.80. The summed E-state index contributed by atoms with van der Waals surface area (Å²) in [5, 5.41) is 3.54. The van der Waals surface area contributed by atoms with Crippen LogP contribution in [0, 0.1) is 20.8 Å². The van der Waals surface area contributed by atoms with Gasteiger partial charge in [0.1, 0.15) is 0 Å². The van der Waals surface area contributed by atoms with Crippen LogP contribution in [0.5, 0.6) is 0 Å². The molecule has 1 N–H and O–H groups in total. The minimum absolute atomic E-state index is 0.671. The molecule has 0 unspecified atom stereocenters. The van der Waals surface area contributed by atoms with Crippen LogP contribution in [0.25, 0.3) is 0 Å². The lowest BCUT2D eigenvalue weighted by Gasteiger charge is -2.14. The predicted molar refractivity (Wildman–Crippen MR) is 85.1 cm³/mol. The average molecular weight is 269 g/mol. The van der Waals surface area contributed by atoms with Crippen LogP contribution in [0.2, 0.25) is 0 Å². The van der Waals surface area contributed by atoms with Crippen LogP contribution in [0.15, 0.2) is 36.4 Å². The van der Waals surface area contributed by atoms with Crippen LogP contribution in [0.1, 0.15) is 27.8 Å². The maximum atomic E-state index is 5.12. The summed E-state index contributed by atoms with van der Waals surface area (Å²) in [7, 11) is 1.72. The van der Waals surface area contributed by atoms with E-state index < -0.39 is 0 Å². The third-order valence-corrected chi connectivity index (χ3v) is 3.48. The molecule has 0 amide bonds. The molecule has 0 spiro atoms. The number of nitrogens with one attached hydrogen (secondary N) is 1. The fourth-order valence-electron chi connectivity index (χ4n) is 2.57. The van der Waals surface area contributed by atoms with Crippen LogP contribution in [0.4, 0.5) is 5.69 Å². The quantitative estimate of drug-likeness (QED) is 0.870. The van der Waals surface area contributed by atoms with Gasteiger partial charge in [-0.2, -0.15) is 0 Å². The molecular weight excluding hydrogens is 246 g/mol. The Morgan fingerprint density at radius 3 is 2.00 bits per heavy atom. The van der Waals surface area contributed by atoms with Crippen LogP contribution in [-0.2, 0) is 17.9 Å². The van der Waals surface area contributed by atoms with E-state index in [0.717, 1.165) is 6.54 Å². The van der Waals surface area contributed by atoms with Gasteiger partial charge < -0.3 is 10.1 Å². The first kappa shape index (κ1) is 14.6. The molecule has 0 aliphatic rings. The summed E-state index contributed by atoms with van der Waals surface area (Å²) in [5.74, 6) is 0. The molecule has 2 rings (SSSR count). The summed E-state index contributed by atoms with van der Waals surface area (Å²) in [5.41, 5.74) is 7.66. The molecule has 0 heterocycles. The molecule has 2 nitrogen and oxygen atoms in total. The topological polar surface area (TPSA) is 21.3 Å². The second-order valence-corrected chi connectivity index (χ2v) is 5.38. The Labute approximate surface area is 121 Å². The molecular formula is C18H23NO. The van der Waals surface area contributed by atoms with Crippen LogP contribution in [0.3, 0.4) is 0 Å². The van der Waals surface area contributed by atoms with Crippen molar-refractivity contribution in [3.8, 4) is 0 Å². The van der Waals surface area contributed by atoms with Crippen molar-refractivity contribution in [3.63, 3.8) is 0 Å². The van der Waals surface area contributed by atoms with Crippen molar-refractivity contribution in [2.24, 2.45) is 0 Å². The summed E-state index contributed by atoms with van der Waals surface area (Å²) in [6, 6.07) is 13.0. The molecule has 0 radical (unpaired) electrons. The van der Waals surface area contributed by atoms with Gasteiger partial charge in [-0.25, -0.2) is 0 Å². The third kappa shape index (κ3) is 3.61. The van der Waals surface area contributed by atoms with Crippen LogP contribution in [-0.4, -0.2) is 7.11 Å². The first-order chi connectivity index (χ1) is 9.60. The van der Waals surface area contributed by atoms with Crippen LogP contribution >= 0.6 is 0 Å². The van der Waals surface area contributed by atoms with E-state index in [1.165, 1.54) is 33.5 Å². The number of hydrogen-bond donors (Lipinski definition) is 1. The summed E-state index contributed by atoms with van der Waals surface area (Å²) in [6.07, 6.45) is 0. The smallest absolute Gasteiger partial charge is 0.0713 e. The van der Waals surface area contributed by atoms with E-state index in [1.54, 1.807) is 7.11 Å². The van der Waals surface area contributed by atoms with Gasteiger partial charge in [-0.05, 0) is 43.0 Å². The highest BCUT2D eigenvalue weighted by Crippen LogP contribution is 2.22. The monoisotopic (exact) mass is 269 g/mol. The Balaban J connectivity index is 2.05. The normalized spacial score (nSPS) is 10.6. The molecule has 2 aromatic rings. The highest BCUT2D eigenvalue weighted by molar-refractivity contribution is 5.58. The molecule has 0 saturated carbocycles. The van der Waals surface area contributed by atoms with Crippen molar-refractivity contribution in [1.29, 1.82) is 0 Å². The van der Waals surface area contributed by atoms with E-state index in [2.05, 4.69) is 62.5 Å².